The number of rotatable bonds is 3. The zero-order chi connectivity index (χ0) is 14.9. The number of ether oxygens (including phenoxy) is 1. The average molecular weight is 315 g/mol. The summed E-state index contributed by atoms with van der Waals surface area (Å²) in [6.45, 7) is 1.53. The normalized spacial score (nSPS) is 13.9. The van der Waals surface area contributed by atoms with Gasteiger partial charge in [0.05, 0.1) is 12.1 Å². The first kappa shape index (κ1) is 15.1. The molecular formula is C15H13Cl2FO2. The molecule has 0 bridgehead atoms. The Balaban J connectivity index is 2.63. The highest BCUT2D eigenvalue weighted by atomic mass is 35.5. The average Bonchev–Trinajstić information content (AvgIpc) is 2.42. The second-order valence-corrected chi connectivity index (χ2v) is 5.33. The molecule has 0 saturated heterocycles. The third kappa shape index (κ3) is 2.62. The first-order valence-corrected chi connectivity index (χ1v) is 6.64. The highest BCUT2D eigenvalue weighted by Crippen LogP contribution is 2.39. The first-order valence-electron chi connectivity index (χ1n) is 5.88. The molecule has 0 amide bonds. The van der Waals surface area contributed by atoms with Crippen molar-refractivity contribution in [3.05, 3.63) is 63.4 Å². The molecule has 0 aliphatic carbocycles. The number of hydrogen-bond donors (Lipinski definition) is 1. The highest BCUT2D eigenvalue weighted by molar-refractivity contribution is 6.35. The van der Waals surface area contributed by atoms with Crippen molar-refractivity contribution in [3.63, 3.8) is 0 Å². The van der Waals surface area contributed by atoms with Gasteiger partial charge in [0.15, 0.2) is 0 Å². The number of hydrogen-bond acceptors (Lipinski definition) is 2. The van der Waals surface area contributed by atoms with E-state index in [1.165, 1.54) is 20.1 Å². The topological polar surface area (TPSA) is 29.5 Å². The lowest BCUT2D eigenvalue weighted by atomic mass is 9.87. The van der Waals surface area contributed by atoms with Crippen molar-refractivity contribution in [2.24, 2.45) is 0 Å². The highest BCUT2D eigenvalue weighted by Gasteiger charge is 2.31. The number of methoxy groups -OCH3 is 1. The van der Waals surface area contributed by atoms with Crippen LogP contribution in [0.1, 0.15) is 18.1 Å². The smallest absolute Gasteiger partial charge is 0.142 e. The Kier molecular flexibility index (Phi) is 4.23. The minimum atomic E-state index is -1.50. The van der Waals surface area contributed by atoms with Crippen LogP contribution in [0.15, 0.2) is 36.4 Å². The second-order valence-electron chi connectivity index (χ2n) is 4.52. The third-order valence-electron chi connectivity index (χ3n) is 3.17. The molecule has 2 aromatic carbocycles. The van der Waals surface area contributed by atoms with Gasteiger partial charge in [-0.25, -0.2) is 4.39 Å². The van der Waals surface area contributed by atoms with Crippen molar-refractivity contribution in [1.82, 2.24) is 0 Å². The van der Waals surface area contributed by atoms with Gasteiger partial charge in [0.2, 0.25) is 0 Å². The predicted molar refractivity (Wildman–Crippen MR) is 78.1 cm³/mol. The Morgan fingerprint density at radius 2 is 1.75 bits per heavy atom. The maximum Gasteiger partial charge on any atom is 0.142 e. The third-order valence-corrected chi connectivity index (χ3v) is 3.77. The van der Waals surface area contributed by atoms with Crippen LogP contribution in [-0.4, -0.2) is 12.2 Å². The Morgan fingerprint density at radius 1 is 1.10 bits per heavy atom. The van der Waals surface area contributed by atoms with Crippen molar-refractivity contribution in [2.45, 2.75) is 12.5 Å². The fraction of sp³-hybridized carbons (Fsp3) is 0.200. The summed E-state index contributed by atoms with van der Waals surface area (Å²) in [7, 11) is 1.50. The summed E-state index contributed by atoms with van der Waals surface area (Å²) in [5.74, 6) is -0.148. The molecule has 0 aromatic heterocycles. The zero-order valence-corrected chi connectivity index (χ0v) is 12.5. The zero-order valence-electron chi connectivity index (χ0n) is 11.0. The molecule has 0 fully saturated rings. The summed E-state index contributed by atoms with van der Waals surface area (Å²) in [5, 5.41) is 10.9. The maximum atomic E-state index is 13.7. The molecule has 106 valence electrons. The van der Waals surface area contributed by atoms with Gasteiger partial charge in [-0.2, -0.15) is 0 Å². The fourth-order valence-corrected chi connectivity index (χ4v) is 2.65. The number of para-hydroxylation sites is 1. The summed E-state index contributed by atoms with van der Waals surface area (Å²) in [6, 6.07) is 9.36. The first-order chi connectivity index (χ1) is 9.37. The molecule has 2 aromatic rings. The van der Waals surface area contributed by atoms with E-state index in [2.05, 4.69) is 0 Å². The van der Waals surface area contributed by atoms with Crippen molar-refractivity contribution in [3.8, 4) is 5.75 Å². The molecular weight excluding hydrogens is 302 g/mol. The van der Waals surface area contributed by atoms with Gasteiger partial charge in [-0.3, -0.25) is 0 Å². The van der Waals surface area contributed by atoms with E-state index in [0.29, 0.717) is 11.3 Å². The van der Waals surface area contributed by atoms with Gasteiger partial charge in [-0.05, 0) is 25.1 Å². The fourth-order valence-electron chi connectivity index (χ4n) is 2.09. The molecule has 0 spiro atoms. The molecule has 2 nitrogen and oxygen atoms in total. The lowest BCUT2D eigenvalue weighted by Crippen LogP contribution is -2.24. The molecule has 0 radical (unpaired) electrons. The van der Waals surface area contributed by atoms with Crippen molar-refractivity contribution in [2.75, 3.05) is 7.11 Å². The minimum absolute atomic E-state index is 0.0884. The number of aliphatic hydroxyl groups is 1. The van der Waals surface area contributed by atoms with Gasteiger partial charge in [-0.15, -0.1) is 0 Å². The quantitative estimate of drug-likeness (QED) is 0.851. The van der Waals surface area contributed by atoms with Crippen LogP contribution in [0.5, 0.6) is 5.75 Å². The van der Waals surface area contributed by atoms with Crippen molar-refractivity contribution >= 4 is 23.2 Å². The Morgan fingerprint density at radius 3 is 2.40 bits per heavy atom. The summed E-state index contributed by atoms with van der Waals surface area (Å²) >= 11 is 11.8. The SMILES string of the molecule is COc1ccccc1C(C)(O)c1cc(F)c(Cl)cc1Cl. The minimum Gasteiger partial charge on any atom is -0.496 e. The molecule has 0 saturated carbocycles. The Bertz CT molecular complexity index is 642. The summed E-state index contributed by atoms with van der Waals surface area (Å²) < 4.78 is 18.9. The second kappa shape index (κ2) is 5.60. The molecule has 0 heterocycles. The van der Waals surface area contributed by atoms with E-state index in [1.54, 1.807) is 24.3 Å². The molecule has 20 heavy (non-hydrogen) atoms. The summed E-state index contributed by atoms with van der Waals surface area (Å²) in [5.41, 5.74) is -0.786. The van der Waals surface area contributed by atoms with Gasteiger partial charge in [0.1, 0.15) is 17.2 Å². The van der Waals surface area contributed by atoms with Crippen LogP contribution >= 0.6 is 23.2 Å². The molecule has 1 unspecified atom stereocenters. The van der Waals surface area contributed by atoms with Gasteiger partial charge in [0.25, 0.3) is 0 Å². The lowest BCUT2D eigenvalue weighted by molar-refractivity contribution is 0.0987. The lowest BCUT2D eigenvalue weighted by Gasteiger charge is -2.27. The van der Waals surface area contributed by atoms with Gasteiger partial charge in [0, 0.05) is 16.1 Å². The molecule has 5 heteroatoms. The summed E-state index contributed by atoms with van der Waals surface area (Å²) in [4.78, 5) is 0. The largest absolute Gasteiger partial charge is 0.496 e. The van der Waals surface area contributed by atoms with Gasteiger partial charge >= 0.3 is 0 Å². The predicted octanol–water partition coefficient (Wildman–Crippen LogP) is 4.40. The van der Waals surface area contributed by atoms with Crippen molar-refractivity contribution < 1.29 is 14.2 Å². The van der Waals surface area contributed by atoms with Crippen LogP contribution in [0.3, 0.4) is 0 Å². The monoisotopic (exact) mass is 314 g/mol. The molecule has 0 aliphatic rings. The van der Waals surface area contributed by atoms with Gasteiger partial charge < -0.3 is 9.84 Å². The van der Waals surface area contributed by atoms with E-state index < -0.39 is 11.4 Å². The standard InChI is InChI=1S/C15H13Cl2FO2/c1-15(19,9-5-3-4-6-14(9)20-2)10-7-13(18)12(17)8-11(10)16/h3-8,19H,1-2H3. The maximum absolute atomic E-state index is 13.7. The van der Waals surface area contributed by atoms with Crippen LogP contribution in [0.2, 0.25) is 10.0 Å². The Hall–Kier alpha value is -1.29. The molecule has 0 aliphatic heterocycles. The van der Waals surface area contributed by atoms with E-state index in [9.17, 15) is 9.50 Å². The van der Waals surface area contributed by atoms with E-state index in [0.717, 1.165) is 6.07 Å². The van der Waals surface area contributed by atoms with Crippen LogP contribution < -0.4 is 4.74 Å². The van der Waals surface area contributed by atoms with E-state index in [1.807, 2.05) is 0 Å². The van der Waals surface area contributed by atoms with Crippen molar-refractivity contribution in [1.29, 1.82) is 0 Å². The van der Waals surface area contributed by atoms with E-state index in [4.69, 9.17) is 27.9 Å². The van der Waals surface area contributed by atoms with E-state index >= 15 is 0 Å². The van der Waals surface area contributed by atoms with E-state index in [-0.39, 0.29) is 15.6 Å². The van der Waals surface area contributed by atoms with Crippen LogP contribution in [0.25, 0.3) is 0 Å². The van der Waals surface area contributed by atoms with Crippen LogP contribution in [0.4, 0.5) is 4.39 Å². The van der Waals surface area contributed by atoms with Crippen LogP contribution in [-0.2, 0) is 5.60 Å². The van der Waals surface area contributed by atoms with Gasteiger partial charge in [-0.1, -0.05) is 41.4 Å². The number of benzene rings is 2. The summed E-state index contributed by atoms with van der Waals surface area (Å²) in [6.07, 6.45) is 0. The molecule has 1 atom stereocenters. The molecule has 2 rings (SSSR count). The number of halogens is 3. The molecule has 1 N–H and O–H groups in total. The Labute approximate surface area is 126 Å². The van der Waals surface area contributed by atoms with Crippen LogP contribution in [0, 0.1) is 5.82 Å².